The fourth-order valence-electron chi connectivity index (χ4n) is 2.38. The van der Waals surface area contributed by atoms with Crippen LogP contribution >= 0.6 is 11.3 Å². The van der Waals surface area contributed by atoms with Crippen molar-refractivity contribution in [1.82, 2.24) is 0 Å². The number of aromatic nitrogens is 1. The molecule has 0 saturated heterocycles. The number of aryl methyl sites for hydroxylation is 3. The Balaban J connectivity index is 2.73. The van der Waals surface area contributed by atoms with Crippen molar-refractivity contribution in [2.45, 2.75) is 27.7 Å². The van der Waals surface area contributed by atoms with Crippen LogP contribution in [0.2, 0.25) is 0 Å². The summed E-state index contributed by atoms with van der Waals surface area (Å²) < 4.78 is 1.77. The maximum Gasteiger partial charge on any atom is 0.299 e. The summed E-state index contributed by atoms with van der Waals surface area (Å²) in [6, 6.07) is 4.40. The van der Waals surface area contributed by atoms with Crippen LogP contribution in [0.3, 0.4) is 0 Å². The maximum absolute atomic E-state index is 6.17. The first-order chi connectivity index (χ1) is 8.45. The van der Waals surface area contributed by atoms with Crippen molar-refractivity contribution in [1.29, 1.82) is 0 Å². The predicted molar refractivity (Wildman–Crippen MR) is 79.1 cm³/mol. The Morgan fingerprint density at radius 1 is 1.17 bits per heavy atom. The van der Waals surface area contributed by atoms with Gasteiger partial charge in [-0.25, -0.2) is 5.84 Å². The van der Waals surface area contributed by atoms with E-state index in [0.717, 1.165) is 15.6 Å². The van der Waals surface area contributed by atoms with Gasteiger partial charge in [-0.1, -0.05) is 40.3 Å². The second-order valence-corrected chi connectivity index (χ2v) is 5.74. The van der Waals surface area contributed by atoms with E-state index in [9.17, 15) is 0 Å². The first-order valence-corrected chi connectivity index (χ1v) is 6.78. The van der Waals surface area contributed by atoms with E-state index in [-0.39, 0.29) is 0 Å². The molecule has 18 heavy (non-hydrogen) atoms. The highest BCUT2D eigenvalue weighted by Gasteiger charge is 2.24. The highest BCUT2D eigenvalue weighted by molar-refractivity contribution is 7.15. The Morgan fingerprint density at radius 2 is 1.72 bits per heavy atom. The van der Waals surface area contributed by atoms with Gasteiger partial charge in [0.1, 0.15) is 4.88 Å². The van der Waals surface area contributed by atoms with Gasteiger partial charge in [0.25, 0.3) is 5.01 Å². The van der Waals surface area contributed by atoms with Crippen LogP contribution < -0.4 is 10.5 Å². The zero-order chi connectivity index (χ0) is 13.4. The molecule has 0 aliphatic carbocycles. The van der Waals surface area contributed by atoms with Crippen LogP contribution in [-0.2, 0) is 0 Å². The van der Waals surface area contributed by atoms with Gasteiger partial charge in [-0.15, -0.1) is 0 Å². The number of nitrogen functional groups attached to an aromatic ring is 1. The molecule has 1 heterocycles. The summed E-state index contributed by atoms with van der Waals surface area (Å²) in [5.41, 5.74) is 6.12. The number of nitrogens with zero attached hydrogens (tertiary/aromatic N) is 1. The van der Waals surface area contributed by atoms with Gasteiger partial charge in [-0.05, 0) is 38.0 Å². The highest BCUT2D eigenvalue weighted by Crippen LogP contribution is 2.31. The molecule has 0 saturated carbocycles. The van der Waals surface area contributed by atoms with Crippen LogP contribution in [0.4, 0.5) is 0 Å². The van der Waals surface area contributed by atoms with Crippen molar-refractivity contribution in [3.8, 4) is 10.6 Å². The van der Waals surface area contributed by atoms with Crippen molar-refractivity contribution in [3.05, 3.63) is 46.0 Å². The molecule has 0 radical (unpaired) electrons. The maximum atomic E-state index is 6.17. The van der Waals surface area contributed by atoms with Crippen LogP contribution in [-0.4, -0.2) is 0 Å². The van der Waals surface area contributed by atoms with Crippen LogP contribution in [0.1, 0.15) is 27.3 Å². The zero-order valence-electron chi connectivity index (χ0n) is 11.4. The first-order valence-electron chi connectivity index (χ1n) is 5.97. The number of thiazole rings is 1. The van der Waals surface area contributed by atoms with Gasteiger partial charge in [-0.3, -0.25) is 0 Å². The van der Waals surface area contributed by atoms with Crippen LogP contribution in [0, 0.1) is 27.7 Å². The van der Waals surface area contributed by atoms with Crippen molar-refractivity contribution < 1.29 is 4.68 Å². The zero-order valence-corrected chi connectivity index (χ0v) is 12.2. The first kappa shape index (κ1) is 12.8. The molecular weight excluding hydrogens is 240 g/mol. The molecule has 1 aromatic carbocycles. The van der Waals surface area contributed by atoms with E-state index in [1.807, 2.05) is 13.0 Å². The quantitative estimate of drug-likeness (QED) is 0.651. The topological polar surface area (TPSA) is 29.9 Å². The molecule has 0 atom stereocenters. The van der Waals surface area contributed by atoms with Crippen molar-refractivity contribution >= 4 is 17.4 Å². The molecule has 2 N–H and O–H groups in total. The van der Waals surface area contributed by atoms with Gasteiger partial charge in [0.15, 0.2) is 0 Å². The van der Waals surface area contributed by atoms with Crippen LogP contribution in [0.15, 0.2) is 18.7 Å². The van der Waals surface area contributed by atoms with Crippen molar-refractivity contribution in [2.75, 3.05) is 5.84 Å². The molecule has 0 fully saturated rings. The molecule has 0 unspecified atom stereocenters. The van der Waals surface area contributed by atoms with Gasteiger partial charge in [0.05, 0.1) is 5.56 Å². The molecule has 0 amide bonds. The van der Waals surface area contributed by atoms with E-state index >= 15 is 0 Å². The lowest BCUT2D eigenvalue weighted by Crippen LogP contribution is -2.47. The number of benzene rings is 1. The van der Waals surface area contributed by atoms with Gasteiger partial charge in [-0.2, -0.15) is 0 Å². The Kier molecular flexibility index (Phi) is 3.26. The monoisotopic (exact) mass is 259 g/mol. The molecule has 0 aliphatic rings. The highest BCUT2D eigenvalue weighted by atomic mass is 32.1. The van der Waals surface area contributed by atoms with Crippen molar-refractivity contribution in [2.24, 2.45) is 0 Å². The molecule has 2 aromatic rings. The van der Waals surface area contributed by atoms with Gasteiger partial charge in [0, 0.05) is 6.92 Å². The minimum absolute atomic E-state index is 1.06. The summed E-state index contributed by atoms with van der Waals surface area (Å²) in [6.07, 6.45) is 1.87. The number of rotatable bonds is 2. The summed E-state index contributed by atoms with van der Waals surface area (Å²) in [5.74, 6) is 6.17. The minimum Gasteiger partial charge on any atom is -0.204 e. The van der Waals surface area contributed by atoms with Crippen LogP contribution in [0.25, 0.3) is 16.6 Å². The predicted octanol–water partition coefficient (Wildman–Crippen LogP) is 3.29. The summed E-state index contributed by atoms with van der Waals surface area (Å²) in [5, 5.41) is 1.09. The Morgan fingerprint density at radius 3 is 2.17 bits per heavy atom. The molecule has 1 aromatic heterocycles. The van der Waals surface area contributed by atoms with Gasteiger partial charge >= 0.3 is 0 Å². The van der Waals surface area contributed by atoms with E-state index < -0.39 is 0 Å². The molecule has 94 valence electrons. The van der Waals surface area contributed by atoms with E-state index in [1.165, 1.54) is 22.3 Å². The summed E-state index contributed by atoms with van der Waals surface area (Å²) in [7, 11) is 0. The molecule has 0 spiro atoms. The van der Waals surface area contributed by atoms with E-state index in [4.69, 9.17) is 5.84 Å². The van der Waals surface area contributed by atoms with Crippen molar-refractivity contribution in [3.63, 3.8) is 0 Å². The molecular formula is C15H19N2S+. The lowest BCUT2D eigenvalue weighted by molar-refractivity contribution is -0.629. The Hall–Kier alpha value is -1.61. The lowest BCUT2D eigenvalue weighted by Gasteiger charge is -2.06. The average molecular weight is 259 g/mol. The molecule has 0 bridgehead atoms. The van der Waals surface area contributed by atoms with E-state index in [1.54, 1.807) is 16.0 Å². The molecule has 3 heteroatoms. The third kappa shape index (κ3) is 1.95. The Labute approximate surface area is 112 Å². The minimum atomic E-state index is 1.06. The fraction of sp³-hybridized carbons (Fsp3) is 0.267. The van der Waals surface area contributed by atoms with E-state index in [0.29, 0.717) is 0 Å². The Bertz CT molecular complexity index is 601. The molecule has 2 rings (SSSR count). The number of hydrogen-bond donors (Lipinski definition) is 1. The molecule has 0 aliphatic heterocycles. The fourth-order valence-corrected chi connectivity index (χ4v) is 3.57. The summed E-state index contributed by atoms with van der Waals surface area (Å²) in [6.45, 7) is 12.3. The second-order valence-electron chi connectivity index (χ2n) is 4.70. The number of nitrogens with two attached hydrogens (primary N) is 1. The van der Waals surface area contributed by atoms with E-state index in [2.05, 4.69) is 39.5 Å². The summed E-state index contributed by atoms with van der Waals surface area (Å²) >= 11 is 1.69. The largest absolute Gasteiger partial charge is 0.299 e. The standard InChI is InChI=1S/C15H19N2S/c1-6-13-12(5)17(16)15(18-13)14-10(3)7-9(2)8-11(14)4/h6-8H,1,16H2,2-5H3/q+1. The average Bonchev–Trinajstić information content (AvgIpc) is 2.56. The third-order valence-electron chi connectivity index (χ3n) is 3.22. The SMILES string of the molecule is C=Cc1sc(-c2c(C)cc(C)cc2C)[n+](N)c1C. The third-order valence-corrected chi connectivity index (χ3v) is 4.50. The smallest absolute Gasteiger partial charge is 0.204 e. The molecule has 2 nitrogen and oxygen atoms in total. The lowest BCUT2D eigenvalue weighted by atomic mass is 10.0. The van der Waals surface area contributed by atoms with Gasteiger partial charge in [0.2, 0.25) is 5.69 Å². The normalized spacial score (nSPS) is 10.7. The second kappa shape index (κ2) is 4.58. The number of hydrogen-bond acceptors (Lipinski definition) is 2. The van der Waals surface area contributed by atoms with Crippen LogP contribution in [0.5, 0.6) is 0 Å². The van der Waals surface area contributed by atoms with Gasteiger partial charge < -0.3 is 0 Å². The summed E-state index contributed by atoms with van der Waals surface area (Å²) in [4.78, 5) is 1.13.